The molecule has 0 bridgehead atoms. The smallest absolute Gasteiger partial charge is 0.405 e. The minimum Gasteiger partial charge on any atom is -0.405 e. The van der Waals surface area contributed by atoms with E-state index in [1.165, 1.54) is 112 Å². The summed E-state index contributed by atoms with van der Waals surface area (Å²) in [5.41, 5.74) is 6.90. The molecule has 35 heavy (non-hydrogen) atoms. The summed E-state index contributed by atoms with van der Waals surface area (Å²) in [4.78, 5) is 0. The molecule has 1 aliphatic heterocycles. The maximum absolute atomic E-state index is 6.63. The molecule has 0 saturated carbocycles. The maximum Gasteiger partial charge on any atom is 0.494 e. The summed E-state index contributed by atoms with van der Waals surface area (Å²) in [7, 11) is -0.228. The SMILES string of the molecule is CCCCCCCCC1(CCCCCCCC)c2cc(Cl)ccc2-c2ccc(B3OCCO3)cc21. The van der Waals surface area contributed by atoms with E-state index in [-0.39, 0.29) is 12.5 Å². The average molecular weight is 495 g/mol. The number of benzene rings is 2. The lowest BCUT2D eigenvalue weighted by Crippen LogP contribution is -2.34. The summed E-state index contributed by atoms with van der Waals surface area (Å²) >= 11 is 6.63. The molecule has 2 aromatic rings. The first-order valence-electron chi connectivity index (χ1n) is 14.4. The van der Waals surface area contributed by atoms with Gasteiger partial charge in [0.2, 0.25) is 0 Å². The van der Waals surface area contributed by atoms with E-state index < -0.39 is 0 Å². The zero-order valence-corrected chi connectivity index (χ0v) is 22.8. The lowest BCUT2D eigenvalue weighted by molar-refractivity contribution is 0.365. The van der Waals surface area contributed by atoms with Crippen LogP contribution in [0.2, 0.25) is 5.02 Å². The second-order valence-corrected chi connectivity index (χ2v) is 11.1. The number of rotatable bonds is 15. The van der Waals surface area contributed by atoms with Gasteiger partial charge in [0.05, 0.1) is 13.2 Å². The zero-order chi connectivity index (χ0) is 24.5. The quantitative estimate of drug-likeness (QED) is 0.182. The monoisotopic (exact) mass is 494 g/mol. The lowest BCUT2D eigenvalue weighted by Gasteiger charge is -2.33. The van der Waals surface area contributed by atoms with Crippen LogP contribution in [-0.4, -0.2) is 20.3 Å². The van der Waals surface area contributed by atoms with Gasteiger partial charge < -0.3 is 9.31 Å². The fourth-order valence-electron chi connectivity index (χ4n) is 6.26. The van der Waals surface area contributed by atoms with Crippen LogP contribution < -0.4 is 5.46 Å². The van der Waals surface area contributed by atoms with Gasteiger partial charge in [0, 0.05) is 10.4 Å². The predicted octanol–water partition coefficient (Wildman–Crippen LogP) is 8.85. The van der Waals surface area contributed by atoms with Crippen LogP contribution in [0.1, 0.15) is 115 Å². The van der Waals surface area contributed by atoms with Crippen LogP contribution in [0.3, 0.4) is 0 Å². The highest BCUT2D eigenvalue weighted by Gasteiger charge is 2.43. The Labute approximate surface area is 219 Å². The fraction of sp³-hybridized carbons (Fsp3) is 0.613. The number of fused-ring (bicyclic) bond motifs is 3. The molecule has 1 saturated heterocycles. The van der Waals surface area contributed by atoms with E-state index in [0.29, 0.717) is 13.2 Å². The van der Waals surface area contributed by atoms with Crippen LogP contribution in [0.5, 0.6) is 0 Å². The minimum absolute atomic E-state index is 0.0414. The molecule has 0 atom stereocenters. The first-order valence-corrected chi connectivity index (χ1v) is 14.8. The van der Waals surface area contributed by atoms with Gasteiger partial charge in [-0.1, -0.05) is 127 Å². The Balaban J connectivity index is 1.63. The number of hydrogen-bond acceptors (Lipinski definition) is 2. The highest BCUT2D eigenvalue weighted by Crippen LogP contribution is 2.54. The molecule has 0 unspecified atom stereocenters. The van der Waals surface area contributed by atoms with Gasteiger partial charge in [0.25, 0.3) is 0 Å². The van der Waals surface area contributed by atoms with Crippen molar-refractivity contribution in [1.29, 1.82) is 0 Å². The molecule has 0 N–H and O–H groups in total. The van der Waals surface area contributed by atoms with Crippen LogP contribution in [0.4, 0.5) is 0 Å². The predicted molar refractivity (Wildman–Crippen MR) is 151 cm³/mol. The van der Waals surface area contributed by atoms with E-state index >= 15 is 0 Å². The van der Waals surface area contributed by atoms with E-state index in [9.17, 15) is 0 Å². The van der Waals surface area contributed by atoms with Gasteiger partial charge in [-0.3, -0.25) is 0 Å². The molecule has 2 aromatic carbocycles. The van der Waals surface area contributed by atoms with Crippen molar-refractivity contribution in [2.24, 2.45) is 0 Å². The molecule has 0 amide bonds. The standard InChI is InChI=1S/C31H44BClO2/c1-3-5-7-9-11-13-19-31(20-14-12-10-8-6-4-2)29-23-25(32-34-21-22-35-32)15-17-27(29)28-18-16-26(33)24-30(28)31/h15-18,23-24H,3-14,19-22H2,1-2H3. The van der Waals surface area contributed by atoms with Gasteiger partial charge in [-0.05, 0) is 52.7 Å². The Morgan fingerprint density at radius 1 is 0.686 bits per heavy atom. The summed E-state index contributed by atoms with van der Waals surface area (Å²) in [6.45, 7) is 5.94. The summed E-state index contributed by atoms with van der Waals surface area (Å²) in [6, 6.07) is 13.5. The van der Waals surface area contributed by atoms with Gasteiger partial charge in [0.1, 0.15) is 0 Å². The maximum atomic E-state index is 6.63. The van der Waals surface area contributed by atoms with Crippen molar-refractivity contribution in [3.63, 3.8) is 0 Å². The second kappa shape index (κ2) is 13.3. The van der Waals surface area contributed by atoms with Gasteiger partial charge >= 0.3 is 7.12 Å². The molecule has 0 spiro atoms. The van der Waals surface area contributed by atoms with Crippen molar-refractivity contribution in [3.8, 4) is 11.1 Å². The van der Waals surface area contributed by atoms with Crippen LogP contribution in [0, 0.1) is 0 Å². The Morgan fingerprint density at radius 3 is 1.80 bits per heavy atom. The van der Waals surface area contributed by atoms with Crippen molar-refractivity contribution >= 4 is 24.2 Å². The number of unbranched alkanes of at least 4 members (excludes halogenated alkanes) is 10. The molecule has 2 nitrogen and oxygen atoms in total. The van der Waals surface area contributed by atoms with Gasteiger partial charge in [-0.15, -0.1) is 0 Å². The molecule has 2 aliphatic rings. The molecule has 4 heteroatoms. The van der Waals surface area contributed by atoms with Crippen molar-refractivity contribution in [2.75, 3.05) is 13.2 Å². The summed E-state index contributed by atoms with van der Waals surface area (Å²) in [5, 5.41) is 0.856. The number of hydrogen-bond donors (Lipinski definition) is 0. The van der Waals surface area contributed by atoms with E-state index in [1.54, 1.807) is 0 Å². The van der Waals surface area contributed by atoms with Crippen LogP contribution in [0.25, 0.3) is 11.1 Å². The Morgan fingerprint density at radius 2 is 1.20 bits per heavy atom. The Bertz CT molecular complexity index is 922. The molecule has 1 fully saturated rings. The molecule has 0 radical (unpaired) electrons. The van der Waals surface area contributed by atoms with Crippen LogP contribution in [-0.2, 0) is 14.7 Å². The van der Waals surface area contributed by atoms with E-state index in [1.807, 2.05) is 0 Å². The first-order chi connectivity index (χ1) is 17.2. The number of halogens is 1. The van der Waals surface area contributed by atoms with Crippen molar-refractivity contribution in [2.45, 2.75) is 109 Å². The van der Waals surface area contributed by atoms with Crippen LogP contribution >= 0.6 is 11.6 Å². The summed E-state index contributed by atoms with van der Waals surface area (Å²) in [6.07, 6.45) is 18.3. The highest BCUT2D eigenvalue weighted by molar-refractivity contribution is 6.61. The third kappa shape index (κ3) is 6.35. The summed E-state index contributed by atoms with van der Waals surface area (Å²) in [5.74, 6) is 0. The largest absolute Gasteiger partial charge is 0.494 e. The molecule has 1 heterocycles. The second-order valence-electron chi connectivity index (χ2n) is 10.7. The van der Waals surface area contributed by atoms with Gasteiger partial charge in [0.15, 0.2) is 0 Å². The molecule has 4 rings (SSSR count). The third-order valence-corrected chi connectivity index (χ3v) is 8.39. The van der Waals surface area contributed by atoms with E-state index in [2.05, 4.69) is 50.2 Å². The lowest BCUT2D eigenvalue weighted by atomic mass is 9.68. The molecular formula is C31H44BClO2. The third-order valence-electron chi connectivity index (χ3n) is 8.15. The van der Waals surface area contributed by atoms with Gasteiger partial charge in [-0.25, -0.2) is 0 Å². The summed E-state index contributed by atoms with van der Waals surface area (Å²) < 4.78 is 11.8. The zero-order valence-electron chi connectivity index (χ0n) is 22.0. The fourth-order valence-corrected chi connectivity index (χ4v) is 6.43. The highest BCUT2D eigenvalue weighted by atomic mass is 35.5. The molecular weight excluding hydrogens is 451 g/mol. The molecule has 190 valence electrons. The Hall–Kier alpha value is -1.29. The van der Waals surface area contributed by atoms with E-state index in [4.69, 9.17) is 20.9 Å². The first kappa shape index (κ1) is 26.8. The Kier molecular flexibility index (Phi) is 10.2. The van der Waals surface area contributed by atoms with Crippen molar-refractivity contribution in [3.05, 3.63) is 52.5 Å². The molecule has 1 aliphatic carbocycles. The normalized spacial score (nSPS) is 16.0. The molecule has 0 aromatic heterocycles. The average Bonchev–Trinajstić information content (AvgIpc) is 3.49. The topological polar surface area (TPSA) is 18.5 Å². The van der Waals surface area contributed by atoms with Crippen molar-refractivity contribution in [1.82, 2.24) is 0 Å². The van der Waals surface area contributed by atoms with Crippen LogP contribution in [0.15, 0.2) is 36.4 Å². The van der Waals surface area contributed by atoms with Crippen molar-refractivity contribution < 1.29 is 9.31 Å². The van der Waals surface area contributed by atoms with Gasteiger partial charge in [-0.2, -0.15) is 0 Å². The minimum atomic E-state index is -0.228. The van der Waals surface area contributed by atoms with E-state index in [0.717, 1.165) is 10.5 Å².